The van der Waals surface area contributed by atoms with Crippen LogP contribution in [0.5, 0.6) is 0 Å². The molecule has 16 heavy (non-hydrogen) atoms. The molecule has 0 saturated heterocycles. The molecule has 0 aromatic carbocycles. The van der Waals surface area contributed by atoms with Gasteiger partial charge in [-0.1, -0.05) is 0 Å². The fourth-order valence-corrected chi connectivity index (χ4v) is 1.81. The number of aryl methyl sites for hydroxylation is 1. The van der Waals surface area contributed by atoms with Crippen LogP contribution in [-0.4, -0.2) is 9.13 Å². The van der Waals surface area contributed by atoms with Crippen molar-refractivity contribution in [1.29, 1.82) is 5.26 Å². The van der Waals surface area contributed by atoms with E-state index in [4.69, 9.17) is 5.26 Å². The Morgan fingerprint density at radius 2 is 2.06 bits per heavy atom. The summed E-state index contributed by atoms with van der Waals surface area (Å²) in [5, 5.41) is 8.68. The average molecular weight is 219 g/mol. The van der Waals surface area contributed by atoms with Crippen molar-refractivity contribution in [3.8, 4) is 6.07 Å². The highest BCUT2D eigenvalue weighted by atomic mass is 16.2. The van der Waals surface area contributed by atoms with Gasteiger partial charge >= 0.3 is 11.1 Å². The van der Waals surface area contributed by atoms with Gasteiger partial charge in [-0.15, -0.1) is 0 Å². The Hall–Kier alpha value is -1.83. The van der Waals surface area contributed by atoms with Gasteiger partial charge in [-0.3, -0.25) is 9.59 Å². The lowest BCUT2D eigenvalue weighted by atomic mass is 10.0. The summed E-state index contributed by atoms with van der Waals surface area (Å²) in [6, 6.07) is 2.14. The fourth-order valence-electron chi connectivity index (χ4n) is 1.81. The predicted octanol–water partition coefficient (Wildman–Crippen LogP) is 0.241. The largest absolute Gasteiger partial charge is 0.316 e. The molecule has 5 nitrogen and oxygen atoms in total. The first-order valence-electron chi connectivity index (χ1n) is 5.21. The van der Waals surface area contributed by atoms with Crippen LogP contribution in [0.3, 0.4) is 0 Å². The van der Waals surface area contributed by atoms with Crippen LogP contribution in [0.15, 0.2) is 22.0 Å². The van der Waals surface area contributed by atoms with Crippen molar-refractivity contribution >= 4 is 0 Å². The highest BCUT2D eigenvalue weighted by Gasteiger charge is 2.42. The first-order chi connectivity index (χ1) is 7.58. The number of nitrogens with zero attached hydrogens (tertiary/aromatic N) is 3. The van der Waals surface area contributed by atoms with Crippen molar-refractivity contribution in [2.45, 2.75) is 25.8 Å². The third-order valence-electron chi connectivity index (χ3n) is 3.15. The molecule has 1 fully saturated rings. The zero-order chi connectivity index (χ0) is 11.8. The van der Waals surface area contributed by atoms with Crippen LogP contribution in [0.1, 0.15) is 19.3 Å². The van der Waals surface area contributed by atoms with E-state index in [1.807, 2.05) is 0 Å². The van der Waals surface area contributed by atoms with Gasteiger partial charge in [-0.25, -0.2) is 0 Å². The zero-order valence-electron chi connectivity index (χ0n) is 9.14. The van der Waals surface area contributed by atoms with Gasteiger partial charge < -0.3 is 9.13 Å². The molecular weight excluding hydrogens is 206 g/mol. The lowest BCUT2D eigenvalue weighted by Crippen LogP contribution is -2.40. The minimum absolute atomic E-state index is 0.0645. The summed E-state index contributed by atoms with van der Waals surface area (Å²) in [6.07, 6.45) is 5.56. The third kappa shape index (κ3) is 1.78. The van der Waals surface area contributed by atoms with E-state index in [2.05, 4.69) is 6.07 Å². The summed E-state index contributed by atoms with van der Waals surface area (Å²) in [4.78, 5) is 23.1. The van der Waals surface area contributed by atoms with Crippen molar-refractivity contribution < 1.29 is 0 Å². The summed E-state index contributed by atoms with van der Waals surface area (Å²) in [5.74, 6) is 0. The fraction of sp³-hybridized carbons (Fsp3) is 0.545. The normalized spacial score (nSPS) is 16.8. The molecule has 0 unspecified atom stereocenters. The van der Waals surface area contributed by atoms with Crippen molar-refractivity contribution in [3.05, 3.63) is 33.1 Å². The number of nitriles is 1. The van der Waals surface area contributed by atoms with Gasteiger partial charge in [0.25, 0.3) is 0 Å². The van der Waals surface area contributed by atoms with Crippen LogP contribution in [-0.2, 0) is 13.6 Å². The van der Waals surface area contributed by atoms with Crippen molar-refractivity contribution in [1.82, 2.24) is 9.13 Å². The molecule has 1 aromatic heterocycles. The maximum Gasteiger partial charge on any atom is 0.316 e. The second-order valence-electron chi connectivity index (χ2n) is 4.48. The number of hydrogen-bond donors (Lipinski definition) is 0. The van der Waals surface area contributed by atoms with Gasteiger partial charge in [0.05, 0.1) is 6.07 Å². The molecule has 5 heteroatoms. The highest BCUT2D eigenvalue weighted by molar-refractivity contribution is 5.00. The molecule has 1 aliphatic rings. The van der Waals surface area contributed by atoms with E-state index in [9.17, 15) is 9.59 Å². The summed E-state index contributed by atoms with van der Waals surface area (Å²) in [5.41, 5.74) is -1.09. The van der Waals surface area contributed by atoms with Crippen molar-refractivity contribution in [2.24, 2.45) is 12.5 Å². The Labute approximate surface area is 92.6 Å². The first-order valence-corrected chi connectivity index (χ1v) is 5.21. The summed E-state index contributed by atoms with van der Waals surface area (Å²) in [6.45, 7) is 0.482. The highest BCUT2D eigenvalue weighted by Crippen LogP contribution is 2.49. The molecule has 0 aliphatic heterocycles. The molecule has 1 heterocycles. The summed E-state index contributed by atoms with van der Waals surface area (Å²) in [7, 11) is 1.55. The molecule has 0 N–H and O–H groups in total. The molecular formula is C11H13N3O2. The molecule has 0 spiro atoms. The van der Waals surface area contributed by atoms with E-state index < -0.39 is 11.1 Å². The van der Waals surface area contributed by atoms with Crippen LogP contribution in [0, 0.1) is 16.7 Å². The Morgan fingerprint density at radius 1 is 1.38 bits per heavy atom. The van der Waals surface area contributed by atoms with Crippen LogP contribution >= 0.6 is 0 Å². The quantitative estimate of drug-likeness (QED) is 0.684. The maximum atomic E-state index is 11.6. The number of aromatic nitrogens is 2. The predicted molar refractivity (Wildman–Crippen MR) is 57.8 cm³/mol. The zero-order valence-corrected chi connectivity index (χ0v) is 9.14. The van der Waals surface area contributed by atoms with Gasteiger partial charge in [0.15, 0.2) is 0 Å². The number of hydrogen-bond acceptors (Lipinski definition) is 3. The molecule has 0 amide bonds. The van der Waals surface area contributed by atoms with Crippen LogP contribution in [0.4, 0.5) is 0 Å². The Bertz CT molecular complexity index is 558. The van der Waals surface area contributed by atoms with E-state index in [1.165, 1.54) is 9.13 Å². The van der Waals surface area contributed by atoms with Crippen molar-refractivity contribution in [3.63, 3.8) is 0 Å². The smallest absolute Gasteiger partial charge is 0.312 e. The Morgan fingerprint density at radius 3 is 2.62 bits per heavy atom. The average Bonchev–Trinajstić information content (AvgIpc) is 3.00. The second kappa shape index (κ2) is 3.63. The minimum atomic E-state index is -0.518. The van der Waals surface area contributed by atoms with Gasteiger partial charge in [0.2, 0.25) is 0 Å². The standard InChI is InChI=1S/C11H13N3O2/c1-13-6-7-14(10(16)9(13)15)8-11(2-3-11)4-5-12/h6-7H,2-4,8H2,1H3. The molecule has 84 valence electrons. The molecule has 2 rings (SSSR count). The van der Waals surface area contributed by atoms with E-state index in [-0.39, 0.29) is 5.41 Å². The van der Waals surface area contributed by atoms with E-state index in [0.717, 1.165) is 12.8 Å². The van der Waals surface area contributed by atoms with E-state index in [1.54, 1.807) is 19.4 Å². The van der Waals surface area contributed by atoms with Crippen LogP contribution in [0.25, 0.3) is 0 Å². The summed E-state index contributed by atoms with van der Waals surface area (Å²) >= 11 is 0. The second-order valence-corrected chi connectivity index (χ2v) is 4.48. The minimum Gasteiger partial charge on any atom is -0.312 e. The van der Waals surface area contributed by atoms with Crippen molar-refractivity contribution in [2.75, 3.05) is 0 Å². The van der Waals surface area contributed by atoms with Crippen LogP contribution in [0.2, 0.25) is 0 Å². The molecule has 0 bridgehead atoms. The number of rotatable bonds is 3. The lowest BCUT2D eigenvalue weighted by Gasteiger charge is -2.12. The molecule has 0 radical (unpaired) electrons. The van der Waals surface area contributed by atoms with E-state index >= 15 is 0 Å². The van der Waals surface area contributed by atoms with Crippen LogP contribution < -0.4 is 11.1 Å². The van der Waals surface area contributed by atoms with Gasteiger partial charge in [-0.2, -0.15) is 5.26 Å². The summed E-state index contributed by atoms with van der Waals surface area (Å²) < 4.78 is 2.69. The molecule has 0 atom stereocenters. The molecule has 1 saturated carbocycles. The maximum absolute atomic E-state index is 11.6. The SMILES string of the molecule is Cn1ccn(CC2(CC#N)CC2)c(=O)c1=O. The topological polar surface area (TPSA) is 67.8 Å². The third-order valence-corrected chi connectivity index (χ3v) is 3.15. The van der Waals surface area contributed by atoms with Gasteiger partial charge in [0, 0.05) is 37.8 Å². The monoisotopic (exact) mass is 219 g/mol. The Balaban J connectivity index is 2.31. The first kappa shape index (κ1) is 10.7. The molecule has 1 aliphatic carbocycles. The lowest BCUT2D eigenvalue weighted by molar-refractivity contribution is 0.418. The van der Waals surface area contributed by atoms with Gasteiger partial charge in [-0.05, 0) is 12.8 Å². The van der Waals surface area contributed by atoms with Gasteiger partial charge in [0.1, 0.15) is 0 Å². The Kier molecular flexibility index (Phi) is 2.43. The molecule has 1 aromatic rings. The van der Waals surface area contributed by atoms with E-state index in [0.29, 0.717) is 13.0 Å².